The highest BCUT2D eigenvalue weighted by Crippen LogP contribution is 2.02. The van der Waals surface area contributed by atoms with Gasteiger partial charge in [0.15, 0.2) is 0 Å². The van der Waals surface area contributed by atoms with Gasteiger partial charge in [0.1, 0.15) is 0 Å². The molecule has 0 amide bonds. The van der Waals surface area contributed by atoms with Gasteiger partial charge in [-0.3, -0.25) is 0 Å². The molecular formula is C6H12N4O. The molecule has 0 bridgehead atoms. The van der Waals surface area contributed by atoms with E-state index in [1.165, 1.54) is 0 Å². The van der Waals surface area contributed by atoms with Crippen molar-refractivity contribution in [3.8, 4) is 0 Å². The predicted octanol–water partition coefficient (Wildman–Crippen LogP) is -0.812. The molecule has 11 heavy (non-hydrogen) atoms. The lowest BCUT2D eigenvalue weighted by atomic mass is 10.2. The largest absolute Gasteiger partial charge is 0.396 e. The molecule has 0 aliphatic rings. The standard InChI is InChI=1S/C6H12N4O/c7-4-6-5(2-1-3-11)8-10-9-6/h11H,1-4,7H2,(H,8,9,10). The summed E-state index contributed by atoms with van der Waals surface area (Å²) in [6.45, 7) is 0.578. The van der Waals surface area contributed by atoms with Crippen molar-refractivity contribution in [2.45, 2.75) is 19.4 Å². The third-order valence-electron chi connectivity index (χ3n) is 1.47. The maximum absolute atomic E-state index is 8.54. The fourth-order valence-electron chi connectivity index (χ4n) is 0.885. The number of aliphatic hydroxyl groups excluding tert-OH is 1. The zero-order valence-electron chi connectivity index (χ0n) is 6.25. The number of aromatic amines is 1. The summed E-state index contributed by atoms with van der Waals surface area (Å²) in [7, 11) is 0. The van der Waals surface area contributed by atoms with Crippen LogP contribution < -0.4 is 5.73 Å². The summed E-state index contributed by atoms with van der Waals surface area (Å²) < 4.78 is 0. The van der Waals surface area contributed by atoms with Gasteiger partial charge in [-0.25, -0.2) is 0 Å². The number of hydrogen-bond acceptors (Lipinski definition) is 4. The summed E-state index contributed by atoms with van der Waals surface area (Å²) in [4.78, 5) is 0. The van der Waals surface area contributed by atoms with Crippen LogP contribution in [-0.2, 0) is 13.0 Å². The number of aromatic nitrogens is 3. The number of aliphatic hydroxyl groups is 1. The summed E-state index contributed by atoms with van der Waals surface area (Å²) in [5, 5.41) is 18.8. The lowest BCUT2D eigenvalue weighted by Crippen LogP contribution is -2.01. The van der Waals surface area contributed by atoms with E-state index in [9.17, 15) is 0 Å². The van der Waals surface area contributed by atoms with E-state index in [-0.39, 0.29) is 6.61 Å². The molecule has 1 aromatic rings. The van der Waals surface area contributed by atoms with E-state index in [0.717, 1.165) is 17.8 Å². The zero-order valence-corrected chi connectivity index (χ0v) is 6.25. The second-order valence-corrected chi connectivity index (χ2v) is 2.25. The van der Waals surface area contributed by atoms with Crippen LogP contribution in [0, 0.1) is 0 Å². The summed E-state index contributed by atoms with van der Waals surface area (Å²) in [6.07, 6.45) is 1.44. The Hall–Kier alpha value is -0.940. The molecule has 0 atom stereocenters. The first-order valence-electron chi connectivity index (χ1n) is 3.58. The maximum Gasteiger partial charge on any atom is 0.0992 e. The lowest BCUT2D eigenvalue weighted by Gasteiger charge is -1.94. The topological polar surface area (TPSA) is 87.8 Å². The minimum Gasteiger partial charge on any atom is -0.396 e. The Morgan fingerprint density at radius 2 is 2.09 bits per heavy atom. The van der Waals surface area contributed by atoms with Gasteiger partial charge in [0.2, 0.25) is 0 Å². The second kappa shape index (κ2) is 4.05. The van der Waals surface area contributed by atoms with Crippen LogP contribution in [0.25, 0.3) is 0 Å². The Morgan fingerprint density at radius 1 is 1.36 bits per heavy atom. The SMILES string of the molecule is NCc1n[nH]nc1CCCO. The highest BCUT2D eigenvalue weighted by atomic mass is 16.2. The summed E-state index contributed by atoms with van der Waals surface area (Å²) in [5.41, 5.74) is 7.03. The smallest absolute Gasteiger partial charge is 0.0992 e. The summed E-state index contributed by atoms with van der Waals surface area (Å²) in [6, 6.07) is 0. The molecule has 1 heterocycles. The summed E-state index contributed by atoms with van der Waals surface area (Å²) >= 11 is 0. The van der Waals surface area contributed by atoms with Gasteiger partial charge in [0, 0.05) is 13.2 Å². The van der Waals surface area contributed by atoms with Crippen LogP contribution in [0.15, 0.2) is 0 Å². The first kappa shape index (κ1) is 8.16. The van der Waals surface area contributed by atoms with Crippen molar-refractivity contribution in [3.63, 3.8) is 0 Å². The predicted molar refractivity (Wildman–Crippen MR) is 39.7 cm³/mol. The fraction of sp³-hybridized carbons (Fsp3) is 0.667. The van der Waals surface area contributed by atoms with Gasteiger partial charge >= 0.3 is 0 Å². The molecular weight excluding hydrogens is 144 g/mol. The van der Waals surface area contributed by atoms with Crippen LogP contribution in [0.2, 0.25) is 0 Å². The minimum atomic E-state index is 0.177. The summed E-state index contributed by atoms with van der Waals surface area (Å²) in [5.74, 6) is 0. The maximum atomic E-state index is 8.54. The Kier molecular flexibility index (Phi) is 3.00. The van der Waals surface area contributed by atoms with Crippen molar-refractivity contribution in [3.05, 3.63) is 11.4 Å². The Balaban J connectivity index is 2.54. The van der Waals surface area contributed by atoms with E-state index < -0.39 is 0 Å². The number of hydrogen-bond donors (Lipinski definition) is 3. The van der Waals surface area contributed by atoms with Crippen molar-refractivity contribution < 1.29 is 5.11 Å². The van der Waals surface area contributed by atoms with Crippen molar-refractivity contribution in [2.75, 3.05) is 6.61 Å². The average Bonchev–Trinajstić information content (AvgIpc) is 2.47. The fourth-order valence-corrected chi connectivity index (χ4v) is 0.885. The van der Waals surface area contributed by atoms with Gasteiger partial charge < -0.3 is 10.8 Å². The molecule has 0 fully saturated rings. The number of H-pyrrole nitrogens is 1. The molecule has 0 saturated heterocycles. The third-order valence-corrected chi connectivity index (χ3v) is 1.47. The van der Waals surface area contributed by atoms with Crippen molar-refractivity contribution in [2.24, 2.45) is 5.73 Å². The van der Waals surface area contributed by atoms with Crippen molar-refractivity contribution in [1.82, 2.24) is 15.4 Å². The number of nitrogens with zero attached hydrogens (tertiary/aromatic N) is 2. The molecule has 1 aromatic heterocycles. The normalized spacial score (nSPS) is 10.4. The van der Waals surface area contributed by atoms with Crippen LogP contribution in [0.5, 0.6) is 0 Å². The van der Waals surface area contributed by atoms with E-state index in [0.29, 0.717) is 13.0 Å². The van der Waals surface area contributed by atoms with Crippen LogP contribution >= 0.6 is 0 Å². The van der Waals surface area contributed by atoms with Crippen molar-refractivity contribution >= 4 is 0 Å². The molecule has 0 unspecified atom stereocenters. The van der Waals surface area contributed by atoms with Crippen LogP contribution in [-0.4, -0.2) is 27.1 Å². The lowest BCUT2D eigenvalue weighted by molar-refractivity contribution is 0.288. The number of nitrogens with two attached hydrogens (primary N) is 1. The Bertz CT molecular complexity index is 210. The van der Waals surface area contributed by atoms with Gasteiger partial charge in [-0.1, -0.05) is 0 Å². The Morgan fingerprint density at radius 3 is 2.73 bits per heavy atom. The molecule has 0 spiro atoms. The van der Waals surface area contributed by atoms with E-state index in [4.69, 9.17) is 10.8 Å². The van der Waals surface area contributed by atoms with Crippen LogP contribution in [0.4, 0.5) is 0 Å². The molecule has 0 saturated carbocycles. The van der Waals surface area contributed by atoms with E-state index in [2.05, 4.69) is 15.4 Å². The average molecular weight is 156 g/mol. The molecule has 0 aliphatic heterocycles. The number of aryl methyl sites for hydroxylation is 1. The van der Waals surface area contributed by atoms with Gasteiger partial charge in [-0.05, 0) is 12.8 Å². The second-order valence-electron chi connectivity index (χ2n) is 2.25. The third kappa shape index (κ3) is 1.99. The molecule has 5 nitrogen and oxygen atoms in total. The first-order valence-corrected chi connectivity index (χ1v) is 3.58. The molecule has 0 radical (unpaired) electrons. The highest BCUT2D eigenvalue weighted by molar-refractivity contribution is 5.07. The molecule has 0 aliphatic carbocycles. The monoisotopic (exact) mass is 156 g/mol. The number of nitrogens with one attached hydrogen (secondary N) is 1. The Labute approximate surface area is 64.6 Å². The van der Waals surface area contributed by atoms with E-state index in [1.54, 1.807) is 0 Å². The zero-order chi connectivity index (χ0) is 8.10. The quantitative estimate of drug-likeness (QED) is 0.532. The van der Waals surface area contributed by atoms with E-state index in [1.807, 2.05) is 0 Å². The first-order chi connectivity index (χ1) is 5.38. The van der Waals surface area contributed by atoms with Gasteiger partial charge in [0.25, 0.3) is 0 Å². The van der Waals surface area contributed by atoms with Gasteiger partial charge in [0.05, 0.1) is 11.4 Å². The molecule has 4 N–H and O–H groups in total. The highest BCUT2D eigenvalue weighted by Gasteiger charge is 2.03. The van der Waals surface area contributed by atoms with Gasteiger partial charge in [-0.15, -0.1) is 0 Å². The van der Waals surface area contributed by atoms with E-state index >= 15 is 0 Å². The molecule has 62 valence electrons. The molecule has 5 heteroatoms. The molecule has 0 aromatic carbocycles. The number of rotatable bonds is 4. The minimum absolute atomic E-state index is 0.177. The van der Waals surface area contributed by atoms with Crippen LogP contribution in [0.1, 0.15) is 17.8 Å². The van der Waals surface area contributed by atoms with Crippen molar-refractivity contribution in [1.29, 1.82) is 0 Å². The molecule has 1 rings (SSSR count). The van der Waals surface area contributed by atoms with Gasteiger partial charge in [-0.2, -0.15) is 15.4 Å². The van der Waals surface area contributed by atoms with Crippen LogP contribution in [0.3, 0.4) is 0 Å².